The van der Waals surface area contributed by atoms with E-state index in [2.05, 4.69) is 0 Å². The van der Waals surface area contributed by atoms with Crippen molar-refractivity contribution in [1.82, 2.24) is 0 Å². The summed E-state index contributed by atoms with van der Waals surface area (Å²) in [6.45, 7) is 1.55. The predicted molar refractivity (Wildman–Crippen MR) is 45.4 cm³/mol. The van der Waals surface area contributed by atoms with Gasteiger partial charge in [-0.25, -0.2) is 0 Å². The molecular formula is C8H10O2S. The van der Waals surface area contributed by atoms with Crippen LogP contribution in [0.15, 0.2) is 11.5 Å². The molecule has 1 heterocycles. The molecule has 0 aromatic carbocycles. The number of rotatable bonds is 3. The van der Waals surface area contributed by atoms with Gasteiger partial charge in [-0.3, -0.25) is 4.79 Å². The van der Waals surface area contributed by atoms with Gasteiger partial charge in [-0.1, -0.05) is 6.08 Å². The van der Waals surface area contributed by atoms with E-state index in [0.717, 1.165) is 6.29 Å². The maximum atomic E-state index is 11.1. The van der Waals surface area contributed by atoms with E-state index >= 15 is 0 Å². The second-order valence-corrected chi connectivity index (χ2v) is 3.90. The predicted octanol–water partition coefficient (Wildman–Crippen LogP) is 1.55. The molecule has 60 valence electrons. The van der Waals surface area contributed by atoms with Crippen LogP contribution in [-0.2, 0) is 9.59 Å². The van der Waals surface area contributed by atoms with Crippen LogP contribution in [0.3, 0.4) is 0 Å². The molecule has 0 radical (unpaired) electrons. The largest absolute Gasteiger partial charge is 0.303 e. The van der Waals surface area contributed by atoms with Crippen molar-refractivity contribution in [2.45, 2.75) is 24.5 Å². The van der Waals surface area contributed by atoms with Crippen molar-refractivity contribution >= 4 is 23.8 Å². The standard InChI is InChI=1S/C8H10O2S/c1-7(10)8(4-5-9)3-2-6-11-8/h2,5-6H,3-4H2,1H3. The monoisotopic (exact) mass is 170 g/mol. The van der Waals surface area contributed by atoms with E-state index in [4.69, 9.17) is 0 Å². The molecule has 0 fully saturated rings. The van der Waals surface area contributed by atoms with Crippen LogP contribution in [0.4, 0.5) is 0 Å². The first-order valence-electron chi connectivity index (χ1n) is 3.49. The van der Waals surface area contributed by atoms with E-state index in [1.807, 2.05) is 11.5 Å². The van der Waals surface area contributed by atoms with E-state index in [1.54, 1.807) is 6.92 Å². The molecule has 1 aliphatic rings. The third-order valence-corrected chi connectivity index (χ3v) is 3.29. The molecule has 0 amide bonds. The van der Waals surface area contributed by atoms with Crippen LogP contribution in [0.2, 0.25) is 0 Å². The zero-order valence-corrected chi connectivity index (χ0v) is 7.19. The summed E-state index contributed by atoms with van der Waals surface area (Å²) in [5.74, 6) is 0.0969. The fourth-order valence-corrected chi connectivity index (χ4v) is 2.08. The van der Waals surface area contributed by atoms with Crippen molar-refractivity contribution in [2.75, 3.05) is 0 Å². The van der Waals surface area contributed by atoms with E-state index in [0.29, 0.717) is 12.8 Å². The minimum absolute atomic E-state index is 0.0969. The summed E-state index contributed by atoms with van der Waals surface area (Å²) in [5.41, 5.74) is 0. The Kier molecular flexibility index (Phi) is 2.49. The van der Waals surface area contributed by atoms with Crippen molar-refractivity contribution in [2.24, 2.45) is 0 Å². The summed E-state index contributed by atoms with van der Waals surface area (Å²) in [6.07, 6.45) is 3.79. The second-order valence-electron chi connectivity index (χ2n) is 2.62. The van der Waals surface area contributed by atoms with Gasteiger partial charge >= 0.3 is 0 Å². The van der Waals surface area contributed by atoms with Crippen LogP contribution in [-0.4, -0.2) is 16.8 Å². The van der Waals surface area contributed by atoms with Crippen LogP contribution in [0, 0.1) is 0 Å². The van der Waals surface area contributed by atoms with Crippen molar-refractivity contribution in [1.29, 1.82) is 0 Å². The third-order valence-electron chi connectivity index (χ3n) is 1.89. The first-order chi connectivity index (χ1) is 5.21. The molecule has 0 N–H and O–H groups in total. The molecule has 0 aliphatic carbocycles. The van der Waals surface area contributed by atoms with Gasteiger partial charge in [0.2, 0.25) is 0 Å². The Morgan fingerprint density at radius 1 is 1.82 bits per heavy atom. The highest BCUT2D eigenvalue weighted by Crippen LogP contribution is 2.39. The zero-order chi connectivity index (χ0) is 8.32. The van der Waals surface area contributed by atoms with Crippen LogP contribution in [0.1, 0.15) is 19.8 Å². The average molecular weight is 170 g/mol. The van der Waals surface area contributed by atoms with Crippen LogP contribution in [0.25, 0.3) is 0 Å². The summed E-state index contributed by atoms with van der Waals surface area (Å²) >= 11 is 1.46. The summed E-state index contributed by atoms with van der Waals surface area (Å²) in [5, 5.41) is 1.89. The van der Waals surface area contributed by atoms with Gasteiger partial charge in [0.25, 0.3) is 0 Å². The molecule has 0 spiro atoms. The molecule has 3 heteroatoms. The molecule has 1 aliphatic heterocycles. The van der Waals surface area contributed by atoms with Gasteiger partial charge in [0.1, 0.15) is 12.1 Å². The Morgan fingerprint density at radius 3 is 2.91 bits per heavy atom. The lowest BCUT2D eigenvalue weighted by Gasteiger charge is -2.21. The number of hydrogen-bond donors (Lipinski definition) is 0. The maximum Gasteiger partial charge on any atom is 0.146 e. The topological polar surface area (TPSA) is 34.1 Å². The van der Waals surface area contributed by atoms with Gasteiger partial charge in [-0.2, -0.15) is 0 Å². The molecule has 0 saturated carbocycles. The summed E-state index contributed by atoms with van der Waals surface area (Å²) < 4.78 is -0.457. The lowest BCUT2D eigenvalue weighted by atomic mass is 9.97. The van der Waals surface area contributed by atoms with Gasteiger partial charge in [0.05, 0.1) is 4.75 Å². The first-order valence-corrected chi connectivity index (χ1v) is 4.37. The van der Waals surface area contributed by atoms with Crippen molar-refractivity contribution in [3.8, 4) is 0 Å². The average Bonchev–Trinajstić information content (AvgIpc) is 2.38. The molecule has 0 saturated heterocycles. The van der Waals surface area contributed by atoms with E-state index in [-0.39, 0.29) is 5.78 Å². The Bertz CT molecular complexity index is 200. The second kappa shape index (κ2) is 3.22. The zero-order valence-electron chi connectivity index (χ0n) is 6.37. The Hall–Kier alpha value is -0.570. The number of carbonyl (C=O) groups is 2. The van der Waals surface area contributed by atoms with Crippen LogP contribution >= 0.6 is 11.8 Å². The quantitative estimate of drug-likeness (QED) is 0.603. The lowest BCUT2D eigenvalue weighted by Crippen LogP contribution is -2.30. The maximum absolute atomic E-state index is 11.1. The molecule has 2 nitrogen and oxygen atoms in total. The van der Waals surface area contributed by atoms with Gasteiger partial charge in [-0.05, 0) is 18.8 Å². The number of Topliss-reactive ketones (excluding diaryl/α,β-unsaturated/α-hetero) is 1. The van der Waals surface area contributed by atoms with Gasteiger partial charge in [-0.15, -0.1) is 11.8 Å². The van der Waals surface area contributed by atoms with E-state index in [9.17, 15) is 9.59 Å². The Labute approximate surface area is 70.0 Å². The van der Waals surface area contributed by atoms with Crippen molar-refractivity contribution in [3.63, 3.8) is 0 Å². The van der Waals surface area contributed by atoms with Gasteiger partial charge in [0.15, 0.2) is 0 Å². The van der Waals surface area contributed by atoms with E-state index < -0.39 is 4.75 Å². The highest BCUT2D eigenvalue weighted by atomic mass is 32.2. The number of thioether (sulfide) groups is 1. The highest BCUT2D eigenvalue weighted by molar-refractivity contribution is 8.04. The number of aldehydes is 1. The number of carbonyl (C=O) groups excluding carboxylic acids is 2. The van der Waals surface area contributed by atoms with Crippen molar-refractivity contribution < 1.29 is 9.59 Å². The van der Waals surface area contributed by atoms with Gasteiger partial charge < -0.3 is 4.79 Å². The fourth-order valence-electron chi connectivity index (χ4n) is 1.10. The lowest BCUT2D eigenvalue weighted by molar-refractivity contribution is -0.121. The molecular weight excluding hydrogens is 160 g/mol. The Morgan fingerprint density at radius 2 is 2.55 bits per heavy atom. The molecule has 11 heavy (non-hydrogen) atoms. The first kappa shape index (κ1) is 8.53. The van der Waals surface area contributed by atoms with Crippen LogP contribution in [0.5, 0.6) is 0 Å². The number of hydrogen-bond acceptors (Lipinski definition) is 3. The normalized spacial score (nSPS) is 28.8. The smallest absolute Gasteiger partial charge is 0.146 e. The molecule has 1 atom stereocenters. The Balaban J connectivity index is 2.72. The minimum atomic E-state index is -0.457. The fraction of sp³-hybridized carbons (Fsp3) is 0.500. The number of allylic oxidation sites excluding steroid dienone is 1. The van der Waals surface area contributed by atoms with Crippen LogP contribution < -0.4 is 0 Å². The summed E-state index contributed by atoms with van der Waals surface area (Å²) in [7, 11) is 0. The molecule has 1 rings (SSSR count). The highest BCUT2D eigenvalue weighted by Gasteiger charge is 2.36. The van der Waals surface area contributed by atoms with E-state index in [1.165, 1.54) is 11.8 Å². The number of ketones is 1. The van der Waals surface area contributed by atoms with Gasteiger partial charge in [0, 0.05) is 6.42 Å². The minimum Gasteiger partial charge on any atom is -0.303 e. The molecule has 0 bridgehead atoms. The molecule has 1 unspecified atom stereocenters. The van der Waals surface area contributed by atoms with Crippen molar-refractivity contribution in [3.05, 3.63) is 11.5 Å². The molecule has 0 aromatic rings. The summed E-state index contributed by atoms with van der Waals surface area (Å²) in [6, 6.07) is 0. The molecule has 0 aromatic heterocycles. The summed E-state index contributed by atoms with van der Waals surface area (Å²) in [4.78, 5) is 21.4. The SMILES string of the molecule is CC(=O)C1(CC=O)CC=CS1. The third kappa shape index (κ3) is 1.53.